The van der Waals surface area contributed by atoms with Crippen molar-refractivity contribution in [3.05, 3.63) is 10.1 Å². The maximum absolute atomic E-state index is 11.2. The summed E-state index contributed by atoms with van der Waals surface area (Å²) >= 11 is 0. The first kappa shape index (κ1) is 10.9. The summed E-state index contributed by atoms with van der Waals surface area (Å²) in [4.78, 5) is 21.6. The molecule has 1 aliphatic heterocycles. The summed E-state index contributed by atoms with van der Waals surface area (Å²) in [5, 5.41) is 10.7. The lowest BCUT2D eigenvalue weighted by molar-refractivity contribution is -0.562. The van der Waals surface area contributed by atoms with E-state index in [9.17, 15) is 14.9 Å². The molecule has 1 atom stereocenters. The van der Waals surface area contributed by atoms with Gasteiger partial charge < -0.3 is 4.74 Å². The van der Waals surface area contributed by atoms with Crippen molar-refractivity contribution in [2.75, 3.05) is 6.61 Å². The number of carbonyl (C=O) groups excluding carboxylic acids is 1. The first-order valence-corrected chi connectivity index (χ1v) is 4.74. The molecule has 0 aliphatic carbocycles. The highest BCUT2D eigenvalue weighted by Crippen LogP contribution is 2.26. The molecule has 0 unspecified atom stereocenters. The van der Waals surface area contributed by atoms with E-state index in [4.69, 9.17) is 4.74 Å². The van der Waals surface area contributed by atoms with Gasteiger partial charge in [0.2, 0.25) is 5.54 Å². The molecule has 5 nitrogen and oxygen atoms in total. The Morgan fingerprint density at radius 2 is 2.29 bits per heavy atom. The molecule has 0 aromatic carbocycles. The van der Waals surface area contributed by atoms with Crippen molar-refractivity contribution in [1.82, 2.24) is 0 Å². The van der Waals surface area contributed by atoms with Crippen molar-refractivity contribution in [2.45, 2.75) is 38.6 Å². The van der Waals surface area contributed by atoms with E-state index in [1.807, 2.05) is 0 Å². The maximum atomic E-state index is 11.2. The second-order valence-corrected chi connectivity index (χ2v) is 4.28. The molecule has 0 spiro atoms. The third-order valence-electron chi connectivity index (χ3n) is 2.51. The smallest absolute Gasteiger partial charge is 0.309 e. The number of rotatable bonds is 3. The largest absolute Gasteiger partial charge is 0.465 e. The van der Waals surface area contributed by atoms with E-state index >= 15 is 0 Å². The van der Waals surface area contributed by atoms with Crippen molar-refractivity contribution < 1.29 is 14.5 Å². The fourth-order valence-electron chi connectivity index (χ4n) is 1.60. The van der Waals surface area contributed by atoms with E-state index in [-0.39, 0.29) is 23.2 Å². The molecule has 1 aliphatic rings. The van der Waals surface area contributed by atoms with E-state index in [2.05, 4.69) is 0 Å². The zero-order chi connectivity index (χ0) is 10.8. The molecule has 1 heterocycles. The summed E-state index contributed by atoms with van der Waals surface area (Å²) in [6.45, 7) is 3.53. The fourth-order valence-corrected chi connectivity index (χ4v) is 1.60. The molecule has 1 saturated heterocycles. The van der Waals surface area contributed by atoms with Crippen molar-refractivity contribution in [3.63, 3.8) is 0 Å². The van der Waals surface area contributed by atoms with E-state index in [1.165, 1.54) is 13.8 Å². The molecule has 14 heavy (non-hydrogen) atoms. The third kappa shape index (κ3) is 2.43. The first-order chi connectivity index (χ1) is 6.43. The van der Waals surface area contributed by atoms with Gasteiger partial charge in [0.1, 0.15) is 0 Å². The number of hydrogen-bond donors (Lipinski definition) is 0. The normalized spacial score (nSPS) is 23.0. The number of nitrogens with zero attached hydrogens (tertiary/aromatic N) is 1. The summed E-state index contributed by atoms with van der Waals surface area (Å²) in [6, 6.07) is 0. The van der Waals surface area contributed by atoms with Crippen LogP contribution in [0.3, 0.4) is 0 Å². The van der Waals surface area contributed by atoms with Gasteiger partial charge in [0.05, 0.1) is 12.5 Å². The Morgan fingerprint density at radius 3 is 2.79 bits per heavy atom. The average Bonchev–Trinajstić information content (AvgIpc) is 2.08. The van der Waals surface area contributed by atoms with Gasteiger partial charge in [0.15, 0.2) is 0 Å². The molecule has 1 rings (SSSR count). The molecule has 0 aromatic rings. The van der Waals surface area contributed by atoms with E-state index in [0.717, 1.165) is 6.42 Å². The summed E-state index contributed by atoms with van der Waals surface area (Å²) in [5.41, 5.74) is -1.04. The monoisotopic (exact) mass is 201 g/mol. The Balaban J connectivity index is 2.58. The molecule has 0 amide bonds. The molecule has 5 heteroatoms. The van der Waals surface area contributed by atoms with Gasteiger partial charge in [0.25, 0.3) is 0 Å². The standard InChI is InChI=1S/C9H15NO4/c1-9(2,10(12)13)6-7-4-3-5-14-8(7)11/h7H,3-6H2,1-2H3/t7-/m1/s1. The van der Waals surface area contributed by atoms with Gasteiger partial charge in [-0.25, -0.2) is 0 Å². The van der Waals surface area contributed by atoms with Gasteiger partial charge in [0, 0.05) is 25.2 Å². The second kappa shape index (κ2) is 3.94. The van der Waals surface area contributed by atoms with Crippen molar-refractivity contribution in [2.24, 2.45) is 5.92 Å². The summed E-state index contributed by atoms with van der Waals surface area (Å²) < 4.78 is 4.85. The summed E-state index contributed by atoms with van der Waals surface area (Å²) in [5.74, 6) is -0.588. The maximum Gasteiger partial charge on any atom is 0.309 e. The van der Waals surface area contributed by atoms with Crippen molar-refractivity contribution in [3.8, 4) is 0 Å². The van der Waals surface area contributed by atoms with Gasteiger partial charge in [-0.05, 0) is 12.8 Å². The van der Waals surface area contributed by atoms with Crippen LogP contribution in [0.5, 0.6) is 0 Å². The Labute approximate surface area is 82.6 Å². The van der Waals surface area contributed by atoms with Crippen LogP contribution in [0.25, 0.3) is 0 Å². The van der Waals surface area contributed by atoms with Crippen LogP contribution in [0, 0.1) is 16.0 Å². The van der Waals surface area contributed by atoms with Crippen molar-refractivity contribution >= 4 is 5.97 Å². The molecule has 0 saturated carbocycles. The van der Waals surface area contributed by atoms with E-state index in [1.54, 1.807) is 0 Å². The van der Waals surface area contributed by atoms with E-state index < -0.39 is 5.54 Å². The minimum absolute atomic E-state index is 0.263. The van der Waals surface area contributed by atoms with Crippen LogP contribution in [0.2, 0.25) is 0 Å². The lowest BCUT2D eigenvalue weighted by Gasteiger charge is -2.24. The van der Waals surface area contributed by atoms with Gasteiger partial charge >= 0.3 is 5.97 Å². The minimum Gasteiger partial charge on any atom is -0.465 e. The molecule has 0 aromatic heterocycles. The quantitative estimate of drug-likeness (QED) is 0.393. The SMILES string of the molecule is CC(C)(C[C@H]1CCCOC1=O)[N+](=O)[O-]. The Kier molecular flexibility index (Phi) is 3.08. The van der Waals surface area contributed by atoms with Crippen LogP contribution in [-0.2, 0) is 9.53 Å². The number of carbonyl (C=O) groups is 1. The highest BCUT2D eigenvalue weighted by molar-refractivity contribution is 5.73. The van der Waals surface area contributed by atoms with Crippen LogP contribution in [-0.4, -0.2) is 23.0 Å². The molecule has 1 fully saturated rings. The van der Waals surface area contributed by atoms with Gasteiger partial charge in [-0.2, -0.15) is 0 Å². The zero-order valence-corrected chi connectivity index (χ0v) is 8.49. The topological polar surface area (TPSA) is 69.4 Å². The first-order valence-electron chi connectivity index (χ1n) is 4.74. The Hall–Kier alpha value is -1.13. The van der Waals surface area contributed by atoms with Gasteiger partial charge in [-0.15, -0.1) is 0 Å². The lowest BCUT2D eigenvalue weighted by atomic mass is 9.87. The van der Waals surface area contributed by atoms with Crippen molar-refractivity contribution in [1.29, 1.82) is 0 Å². The number of esters is 1. The second-order valence-electron chi connectivity index (χ2n) is 4.28. The van der Waals surface area contributed by atoms with Gasteiger partial charge in [-0.1, -0.05) is 0 Å². The summed E-state index contributed by atoms with van der Waals surface area (Å²) in [7, 11) is 0. The van der Waals surface area contributed by atoms with Crippen LogP contribution in [0.15, 0.2) is 0 Å². The average molecular weight is 201 g/mol. The van der Waals surface area contributed by atoms with Crippen LogP contribution in [0.1, 0.15) is 33.1 Å². The van der Waals surface area contributed by atoms with Crippen LogP contribution in [0.4, 0.5) is 0 Å². The third-order valence-corrected chi connectivity index (χ3v) is 2.51. The highest BCUT2D eigenvalue weighted by atomic mass is 16.6. The molecule has 0 bridgehead atoms. The molecule has 0 N–H and O–H groups in total. The Morgan fingerprint density at radius 1 is 1.64 bits per heavy atom. The number of ether oxygens (including phenoxy) is 1. The number of cyclic esters (lactones) is 1. The van der Waals surface area contributed by atoms with Gasteiger partial charge in [-0.3, -0.25) is 14.9 Å². The molecule has 80 valence electrons. The zero-order valence-electron chi connectivity index (χ0n) is 8.49. The summed E-state index contributed by atoms with van der Waals surface area (Å²) in [6.07, 6.45) is 1.78. The minimum atomic E-state index is -1.04. The fraction of sp³-hybridized carbons (Fsp3) is 0.889. The molecular weight excluding hydrogens is 186 g/mol. The predicted molar refractivity (Wildman–Crippen MR) is 49.4 cm³/mol. The highest BCUT2D eigenvalue weighted by Gasteiger charge is 2.38. The molecule has 0 radical (unpaired) electrons. The molecular formula is C9H15NO4. The van der Waals surface area contributed by atoms with Crippen LogP contribution >= 0.6 is 0 Å². The Bertz CT molecular complexity index is 249. The predicted octanol–water partition coefficient (Wildman–Crippen LogP) is 1.39. The number of nitro groups is 1. The van der Waals surface area contributed by atoms with E-state index in [0.29, 0.717) is 13.0 Å². The lowest BCUT2D eigenvalue weighted by Crippen LogP contribution is -2.37. The van der Waals surface area contributed by atoms with Crippen LogP contribution < -0.4 is 0 Å². The number of hydrogen-bond acceptors (Lipinski definition) is 4.